The van der Waals surface area contributed by atoms with Gasteiger partial charge in [0.1, 0.15) is 5.03 Å². The zero-order chi connectivity index (χ0) is 11.4. The van der Waals surface area contributed by atoms with Gasteiger partial charge in [-0.25, -0.2) is 4.98 Å². The Bertz CT molecular complexity index is 351. The maximum atomic E-state index is 9.26. The van der Waals surface area contributed by atoms with Crippen LogP contribution in [0.25, 0.3) is 0 Å². The van der Waals surface area contributed by atoms with Gasteiger partial charge in [-0.2, -0.15) is 0 Å². The lowest BCUT2D eigenvalue weighted by atomic mass is 10.3. The molecule has 0 saturated heterocycles. The van der Waals surface area contributed by atoms with Gasteiger partial charge in [-0.3, -0.25) is 0 Å². The number of thioether (sulfide) groups is 1. The number of hydrogen-bond acceptors (Lipinski definition) is 4. The lowest BCUT2D eigenvalue weighted by molar-refractivity contribution is 0.277. The second-order valence-corrected chi connectivity index (χ2v) is 5.29. The second kappa shape index (κ2) is 5.55. The molecule has 4 heteroatoms. The Labute approximate surface area is 100 Å². The van der Waals surface area contributed by atoms with Gasteiger partial charge in [-0.15, -0.1) is 11.8 Å². The van der Waals surface area contributed by atoms with Crippen LogP contribution in [0.4, 0.5) is 0 Å². The molecule has 3 nitrogen and oxygen atoms in total. The lowest BCUT2D eigenvalue weighted by Gasteiger charge is -2.12. The molecule has 0 atom stereocenters. The van der Waals surface area contributed by atoms with Crippen LogP contribution in [-0.4, -0.2) is 22.5 Å². The summed E-state index contributed by atoms with van der Waals surface area (Å²) in [4.78, 5) is 4.41. The zero-order valence-corrected chi connectivity index (χ0v) is 10.3. The molecule has 1 fully saturated rings. The molecule has 1 aliphatic rings. The van der Waals surface area contributed by atoms with E-state index in [2.05, 4.69) is 4.98 Å². The van der Waals surface area contributed by atoms with E-state index in [4.69, 9.17) is 4.74 Å². The molecule has 0 aromatic carbocycles. The van der Waals surface area contributed by atoms with Crippen LogP contribution >= 0.6 is 11.8 Å². The van der Waals surface area contributed by atoms with E-state index in [1.807, 2.05) is 6.07 Å². The third-order valence-electron chi connectivity index (χ3n) is 2.87. The second-order valence-electron chi connectivity index (χ2n) is 4.00. The fourth-order valence-electron chi connectivity index (χ4n) is 1.95. The van der Waals surface area contributed by atoms with Crippen molar-refractivity contribution in [2.75, 3.05) is 7.11 Å². The minimum absolute atomic E-state index is 0.0477. The molecule has 1 aromatic heterocycles. The molecule has 1 aliphatic carbocycles. The lowest BCUT2D eigenvalue weighted by Crippen LogP contribution is -2.00. The molecule has 2 rings (SSSR count). The van der Waals surface area contributed by atoms with Crippen molar-refractivity contribution in [3.8, 4) is 5.88 Å². The van der Waals surface area contributed by atoms with Crippen molar-refractivity contribution in [1.29, 1.82) is 0 Å². The van der Waals surface area contributed by atoms with Crippen molar-refractivity contribution < 1.29 is 9.84 Å². The zero-order valence-electron chi connectivity index (χ0n) is 9.48. The quantitative estimate of drug-likeness (QED) is 0.877. The average Bonchev–Trinajstić information content (AvgIpc) is 2.82. The highest BCUT2D eigenvalue weighted by Crippen LogP contribution is 2.36. The Morgan fingerprint density at radius 2 is 2.19 bits per heavy atom. The van der Waals surface area contributed by atoms with E-state index in [1.54, 1.807) is 24.9 Å². The Balaban J connectivity index is 2.15. The van der Waals surface area contributed by atoms with Gasteiger partial charge in [0.15, 0.2) is 0 Å². The third kappa shape index (κ3) is 2.68. The Hall–Kier alpha value is -0.740. The van der Waals surface area contributed by atoms with Crippen LogP contribution in [-0.2, 0) is 6.61 Å². The van der Waals surface area contributed by atoms with E-state index in [-0.39, 0.29) is 6.61 Å². The summed E-state index contributed by atoms with van der Waals surface area (Å²) in [5.74, 6) is 0.623. The summed E-state index contributed by atoms with van der Waals surface area (Å²) in [6, 6.07) is 3.69. The standard InChI is InChI=1S/C12H17NO2S/c1-15-11-7-6-9(8-14)12(13-11)16-10-4-2-3-5-10/h6-7,10,14H,2-5,8H2,1H3. The van der Waals surface area contributed by atoms with E-state index in [9.17, 15) is 5.11 Å². The summed E-state index contributed by atoms with van der Waals surface area (Å²) in [7, 11) is 1.62. The van der Waals surface area contributed by atoms with E-state index in [0.29, 0.717) is 11.1 Å². The molecule has 0 radical (unpaired) electrons. The number of hydrogen-bond donors (Lipinski definition) is 1. The monoisotopic (exact) mass is 239 g/mol. The number of methoxy groups -OCH3 is 1. The van der Waals surface area contributed by atoms with Gasteiger partial charge in [0.05, 0.1) is 13.7 Å². The molecular formula is C12H17NO2S. The average molecular weight is 239 g/mol. The first kappa shape index (κ1) is 11.7. The summed E-state index contributed by atoms with van der Waals surface area (Å²) < 4.78 is 5.11. The van der Waals surface area contributed by atoms with Gasteiger partial charge in [-0.1, -0.05) is 12.8 Å². The highest BCUT2D eigenvalue weighted by molar-refractivity contribution is 7.99. The molecule has 1 N–H and O–H groups in total. The minimum Gasteiger partial charge on any atom is -0.481 e. The largest absolute Gasteiger partial charge is 0.481 e. The molecule has 0 amide bonds. The highest BCUT2D eigenvalue weighted by Gasteiger charge is 2.18. The van der Waals surface area contributed by atoms with Gasteiger partial charge < -0.3 is 9.84 Å². The van der Waals surface area contributed by atoms with Crippen LogP contribution in [0.15, 0.2) is 17.2 Å². The number of rotatable bonds is 4. The molecular weight excluding hydrogens is 222 g/mol. The number of pyridine rings is 1. The number of ether oxygens (including phenoxy) is 1. The van der Waals surface area contributed by atoms with Crippen LogP contribution < -0.4 is 4.74 Å². The van der Waals surface area contributed by atoms with E-state index >= 15 is 0 Å². The molecule has 0 bridgehead atoms. The van der Waals surface area contributed by atoms with Crippen molar-refractivity contribution in [2.24, 2.45) is 0 Å². The topological polar surface area (TPSA) is 42.4 Å². The normalized spacial score (nSPS) is 16.6. The van der Waals surface area contributed by atoms with Crippen LogP contribution in [0.3, 0.4) is 0 Å². The summed E-state index contributed by atoms with van der Waals surface area (Å²) in [6.45, 7) is 0.0477. The van der Waals surface area contributed by atoms with Crippen molar-refractivity contribution >= 4 is 11.8 Å². The van der Waals surface area contributed by atoms with Gasteiger partial charge >= 0.3 is 0 Å². The summed E-state index contributed by atoms with van der Waals surface area (Å²) in [5, 5.41) is 10.8. The highest BCUT2D eigenvalue weighted by atomic mass is 32.2. The number of nitrogens with zero attached hydrogens (tertiary/aromatic N) is 1. The first-order valence-electron chi connectivity index (χ1n) is 5.65. The fraction of sp³-hybridized carbons (Fsp3) is 0.583. The van der Waals surface area contributed by atoms with Crippen LogP contribution in [0.1, 0.15) is 31.2 Å². The van der Waals surface area contributed by atoms with E-state index in [0.717, 1.165) is 10.6 Å². The minimum atomic E-state index is 0.0477. The maximum absolute atomic E-state index is 9.26. The van der Waals surface area contributed by atoms with E-state index in [1.165, 1.54) is 25.7 Å². The summed E-state index contributed by atoms with van der Waals surface area (Å²) >= 11 is 1.78. The Morgan fingerprint density at radius 3 is 2.81 bits per heavy atom. The van der Waals surface area contributed by atoms with Crippen molar-refractivity contribution in [3.05, 3.63) is 17.7 Å². The molecule has 1 saturated carbocycles. The molecule has 16 heavy (non-hydrogen) atoms. The number of aromatic nitrogens is 1. The van der Waals surface area contributed by atoms with Crippen LogP contribution in [0.5, 0.6) is 5.88 Å². The Morgan fingerprint density at radius 1 is 1.44 bits per heavy atom. The van der Waals surface area contributed by atoms with Crippen molar-refractivity contribution in [2.45, 2.75) is 42.6 Å². The molecule has 88 valence electrons. The van der Waals surface area contributed by atoms with E-state index < -0.39 is 0 Å². The molecule has 1 heterocycles. The molecule has 1 aromatic rings. The summed E-state index contributed by atoms with van der Waals surface area (Å²) in [5.41, 5.74) is 0.901. The van der Waals surface area contributed by atoms with Gasteiger partial charge in [0.2, 0.25) is 5.88 Å². The molecule has 0 unspecified atom stereocenters. The number of aliphatic hydroxyl groups excluding tert-OH is 1. The fourth-order valence-corrected chi connectivity index (χ4v) is 3.26. The van der Waals surface area contributed by atoms with Gasteiger partial charge in [0, 0.05) is 16.9 Å². The molecule has 0 spiro atoms. The SMILES string of the molecule is COc1ccc(CO)c(SC2CCCC2)n1. The third-order valence-corrected chi connectivity index (χ3v) is 4.25. The number of aliphatic hydroxyl groups is 1. The van der Waals surface area contributed by atoms with Crippen molar-refractivity contribution in [3.63, 3.8) is 0 Å². The van der Waals surface area contributed by atoms with Crippen LogP contribution in [0, 0.1) is 0 Å². The first-order chi connectivity index (χ1) is 7.83. The first-order valence-corrected chi connectivity index (χ1v) is 6.53. The Kier molecular flexibility index (Phi) is 4.07. The van der Waals surface area contributed by atoms with Crippen molar-refractivity contribution in [1.82, 2.24) is 4.98 Å². The van der Waals surface area contributed by atoms with Crippen LogP contribution in [0.2, 0.25) is 0 Å². The summed E-state index contributed by atoms with van der Waals surface area (Å²) in [6.07, 6.45) is 5.15. The smallest absolute Gasteiger partial charge is 0.214 e. The molecule has 0 aliphatic heterocycles. The van der Waals surface area contributed by atoms with Gasteiger partial charge in [-0.05, 0) is 18.9 Å². The predicted octanol–water partition coefficient (Wildman–Crippen LogP) is 2.62. The van der Waals surface area contributed by atoms with Gasteiger partial charge in [0.25, 0.3) is 0 Å². The maximum Gasteiger partial charge on any atom is 0.214 e. The predicted molar refractivity (Wildman–Crippen MR) is 64.8 cm³/mol.